The lowest BCUT2D eigenvalue weighted by atomic mass is 9.77. The molecule has 1 atom stereocenters. The number of anilines is 1. The number of phenols is 1. The van der Waals surface area contributed by atoms with Gasteiger partial charge in [0.2, 0.25) is 0 Å². The van der Waals surface area contributed by atoms with E-state index < -0.39 is 5.60 Å². The monoisotopic (exact) mass is 381 g/mol. The maximum atomic E-state index is 12.8. The molecule has 4 aromatic rings. The Balaban J connectivity index is 1.77. The zero-order valence-electron chi connectivity index (χ0n) is 15.2. The van der Waals surface area contributed by atoms with Gasteiger partial charge in [0.05, 0.1) is 5.56 Å². The zero-order valence-corrected chi connectivity index (χ0v) is 15.2. The Morgan fingerprint density at radius 3 is 2.59 bits per heavy atom. The second kappa shape index (κ2) is 5.29. The van der Waals surface area contributed by atoms with Crippen molar-refractivity contribution in [3.05, 3.63) is 95.1 Å². The maximum Gasteiger partial charge on any atom is 0.340 e. The standard InChI is InChI=1S/C24H15NO4/c25-14-6-10-19-21(12-14)28-22-16-8-7-15(26)11-13(16)5-9-20(22)24(19)18-4-2-1-3-17(18)23(27)29-24/h1-12,26H,25H2. The average Bonchev–Trinajstić information content (AvgIpc) is 3.01. The van der Waals surface area contributed by atoms with Gasteiger partial charge in [0.15, 0.2) is 5.60 Å². The van der Waals surface area contributed by atoms with Gasteiger partial charge in [-0.05, 0) is 47.9 Å². The maximum absolute atomic E-state index is 12.8. The first kappa shape index (κ1) is 16.0. The fourth-order valence-corrected chi connectivity index (χ4v) is 4.46. The first-order valence-corrected chi connectivity index (χ1v) is 9.25. The molecular weight excluding hydrogens is 366 g/mol. The topological polar surface area (TPSA) is 81.8 Å². The summed E-state index contributed by atoms with van der Waals surface area (Å²) in [6.45, 7) is 0. The Kier molecular flexibility index (Phi) is 2.92. The molecule has 0 amide bonds. The third kappa shape index (κ3) is 1.96. The summed E-state index contributed by atoms with van der Waals surface area (Å²) in [7, 11) is 0. The van der Waals surface area contributed by atoms with Gasteiger partial charge in [-0.25, -0.2) is 4.79 Å². The molecule has 5 heteroatoms. The number of phenolic OH excluding ortho intramolecular Hbond substituents is 1. The second-order valence-corrected chi connectivity index (χ2v) is 7.32. The molecule has 0 fully saturated rings. The number of rotatable bonds is 0. The van der Waals surface area contributed by atoms with E-state index in [2.05, 4.69) is 0 Å². The number of hydrogen-bond acceptors (Lipinski definition) is 5. The largest absolute Gasteiger partial charge is 0.508 e. The van der Waals surface area contributed by atoms with Crippen LogP contribution in [0.25, 0.3) is 10.8 Å². The number of ether oxygens (including phenoxy) is 2. The van der Waals surface area contributed by atoms with Gasteiger partial charge in [0, 0.05) is 33.8 Å². The van der Waals surface area contributed by atoms with Crippen molar-refractivity contribution in [2.75, 3.05) is 5.73 Å². The Hall–Kier alpha value is -3.99. The van der Waals surface area contributed by atoms with Gasteiger partial charge in [0.25, 0.3) is 0 Å². The lowest BCUT2D eigenvalue weighted by molar-refractivity contribution is 0.0225. The first-order chi connectivity index (χ1) is 14.1. The number of benzene rings is 4. The third-order valence-corrected chi connectivity index (χ3v) is 5.70. The van der Waals surface area contributed by atoms with E-state index in [1.165, 1.54) is 0 Å². The number of esters is 1. The molecule has 3 N–H and O–H groups in total. The van der Waals surface area contributed by atoms with Crippen molar-refractivity contribution in [3.8, 4) is 17.2 Å². The first-order valence-electron chi connectivity index (χ1n) is 9.25. The summed E-state index contributed by atoms with van der Waals surface area (Å²) >= 11 is 0. The highest BCUT2D eigenvalue weighted by Gasteiger charge is 2.53. The van der Waals surface area contributed by atoms with Crippen molar-refractivity contribution in [3.63, 3.8) is 0 Å². The molecule has 140 valence electrons. The molecule has 0 saturated heterocycles. The molecule has 0 aliphatic carbocycles. The van der Waals surface area contributed by atoms with E-state index in [-0.39, 0.29) is 11.7 Å². The van der Waals surface area contributed by atoms with Crippen molar-refractivity contribution in [1.29, 1.82) is 0 Å². The van der Waals surface area contributed by atoms with Crippen molar-refractivity contribution in [2.45, 2.75) is 5.60 Å². The third-order valence-electron chi connectivity index (χ3n) is 5.70. The lowest BCUT2D eigenvalue weighted by Gasteiger charge is -2.37. The Morgan fingerprint density at radius 2 is 1.69 bits per heavy atom. The van der Waals surface area contributed by atoms with Crippen LogP contribution < -0.4 is 10.5 Å². The van der Waals surface area contributed by atoms with Gasteiger partial charge < -0.3 is 20.3 Å². The van der Waals surface area contributed by atoms with Crippen LogP contribution in [0.1, 0.15) is 27.0 Å². The quantitative estimate of drug-likeness (QED) is 0.341. The number of hydrogen-bond donors (Lipinski definition) is 2. The van der Waals surface area contributed by atoms with E-state index in [9.17, 15) is 9.90 Å². The fourth-order valence-electron chi connectivity index (χ4n) is 4.46. The molecule has 6 rings (SSSR count). The highest BCUT2D eigenvalue weighted by atomic mass is 16.6. The highest BCUT2D eigenvalue weighted by molar-refractivity contribution is 5.99. The number of carbonyl (C=O) groups excluding carboxylic acids is 1. The van der Waals surface area contributed by atoms with Gasteiger partial charge in [-0.2, -0.15) is 0 Å². The molecule has 2 aliphatic heterocycles. The average molecular weight is 381 g/mol. The van der Waals surface area contributed by atoms with Crippen LogP contribution in [-0.4, -0.2) is 11.1 Å². The molecule has 5 nitrogen and oxygen atoms in total. The second-order valence-electron chi connectivity index (χ2n) is 7.32. The summed E-state index contributed by atoms with van der Waals surface area (Å²) in [4.78, 5) is 12.8. The molecule has 1 spiro atoms. The van der Waals surface area contributed by atoms with E-state index in [1.807, 2.05) is 36.4 Å². The Labute approximate surface area is 165 Å². The molecule has 2 aliphatic rings. The number of fused-ring (bicyclic) bond motifs is 8. The SMILES string of the molecule is Nc1ccc2c(c1)Oc1c(ccc3cc(O)ccc13)C21OC(=O)c2ccccc21. The van der Waals surface area contributed by atoms with Gasteiger partial charge in [-0.15, -0.1) is 0 Å². The summed E-state index contributed by atoms with van der Waals surface area (Å²) in [5.74, 6) is 0.931. The molecule has 0 saturated carbocycles. The molecule has 0 bridgehead atoms. The van der Waals surface area contributed by atoms with Crippen LogP contribution in [-0.2, 0) is 10.3 Å². The van der Waals surface area contributed by atoms with E-state index >= 15 is 0 Å². The van der Waals surface area contributed by atoms with E-state index in [0.717, 1.165) is 27.5 Å². The minimum Gasteiger partial charge on any atom is -0.508 e. The van der Waals surface area contributed by atoms with E-state index in [0.29, 0.717) is 22.7 Å². The summed E-state index contributed by atoms with van der Waals surface area (Å²) in [5.41, 5.74) is 8.25. The zero-order chi connectivity index (χ0) is 19.8. The number of nitrogens with two attached hydrogens (primary N) is 1. The van der Waals surface area contributed by atoms with Crippen molar-refractivity contribution in [1.82, 2.24) is 0 Å². The summed E-state index contributed by atoms with van der Waals surface area (Å²) in [5, 5.41) is 11.5. The van der Waals surface area contributed by atoms with E-state index in [4.69, 9.17) is 15.2 Å². The molecule has 0 radical (unpaired) electrons. The molecule has 29 heavy (non-hydrogen) atoms. The van der Waals surface area contributed by atoms with Crippen LogP contribution in [0.4, 0.5) is 5.69 Å². The predicted octanol–water partition coefficient (Wildman–Crippen LogP) is 4.70. The minimum atomic E-state index is -1.11. The number of aromatic hydroxyl groups is 1. The summed E-state index contributed by atoms with van der Waals surface area (Å²) in [6.07, 6.45) is 0. The van der Waals surface area contributed by atoms with Crippen molar-refractivity contribution in [2.24, 2.45) is 0 Å². The molecule has 2 heterocycles. The molecule has 1 unspecified atom stereocenters. The van der Waals surface area contributed by atoms with E-state index in [1.54, 1.807) is 36.4 Å². The van der Waals surface area contributed by atoms with Gasteiger partial charge in [-0.3, -0.25) is 0 Å². The van der Waals surface area contributed by atoms with Gasteiger partial charge in [0.1, 0.15) is 17.2 Å². The van der Waals surface area contributed by atoms with Crippen LogP contribution in [0.15, 0.2) is 72.8 Å². The normalized spacial score (nSPS) is 18.7. The van der Waals surface area contributed by atoms with Crippen LogP contribution in [0.2, 0.25) is 0 Å². The minimum absolute atomic E-state index is 0.172. The number of carbonyl (C=O) groups is 1. The molecular formula is C24H15NO4. The Bertz CT molecular complexity index is 1360. The lowest BCUT2D eigenvalue weighted by Crippen LogP contribution is -2.33. The fraction of sp³-hybridized carbons (Fsp3) is 0.0417. The smallest absolute Gasteiger partial charge is 0.340 e. The summed E-state index contributed by atoms with van der Waals surface area (Å²) in [6, 6.07) is 21.7. The highest BCUT2D eigenvalue weighted by Crippen LogP contribution is 2.57. The molecule has 0 aromatic heterocycles. The van der Waals surface area contributed by atoms with Crippen molar-refractivity contribution < 1.29 is 19.4 Å². The van der Waals surface area contributed by atoms with Crippen LogP contribution in [0.5, 0.6) is 17.2 Å². The van der Waals surface area contributed by atoms with Gasteiger partial charge >= 0.3 is 5.97 Å². The van der Waals surface area contributed by atoms with Crippen LogP contribution >= 0.6 is 0 Å². The van der Waals surface area contributed by atoms with Crippen LogP contribution in [0, 0.1) is 0 Å². The van der Waals surface area contributed by atoms with Gasteiger partial charge in [-0.1, -0.05) is 24.3 Å². The number of nitrogen functional groups attached to an aromatic ring is 1. The van der Waals surface area contributed by atoms with Crippen LogP contribution in [0.3, 0.4) is 0 Å². The molecule has 4 aromatic carbocycles. The van der Waals surface area contributed by atoms with Crippen molar-refractivity contribution >= 4 is 22.4 Å². The predicted molar refractivity (Wildman–Crippen MR) is 108 cm³/mol. The summed E-state index contributed by atoms with van der Waals surface area (Å²) < 4.78 is 12.4. The Morgan fingerprint density at radius 1 is 0.862 bits per heavy atom.